The summed E-state index contributed by atoms with van der Waals surface area (Å²) in [6, 6.07) is 5.17. The van der Waals surface area contributed by atoms with Crippen molar-refractivity contribution in [1.29, 1.82) is 0 Å². The van der Waals surface area contributed by atoms with Crippen LogP contribution in [0.2, 0.25) is 0 Å². The molecule has 1 aliphatic rings. The van der Waals surface area contributed by atoms with E-state index in [1.165, 1.54) is 6.07 Å². The first-order valence-electron chi connectivity index (χ1n) is 6.91. The van der Waals surface area contributed by atoms with Crippen LogP contribution in [0.25, 0.3) is 0 Å². The standard InChI is InChI=1S/C15H19BrFNO2/c1-10(11-5-6-14(17)13(16)8-11)18-7-3-2-4-12(18)9-15(19)20/h5-6,8,10,12H,2-4,7,9H2,1H3,(H,19,20). The quantitative estimate of drug-likeness (QED) is 0.898. The summed E-state index contributed by atoms with van der Waals surface area (Å²) in [5, 5.41) is 9.03. The third-order valence-corrected chi connectivity index (χ3v) is 4.61. The number of halogens is 2. The number of nitrogens with zero attached hydrogens (tertiary/aromatic N) is 1. The molecule has 1 fully saturated rings. The first-order valence-corrected chi connectivity index (χ1v) is 7.71. The average Bonchev–Trinajstić information content (AvgIpc) is 2.41. The number of carboxylic acid groups (broad SMARTS) is 1. The summed E-state index contributed by atoms with van der Waals surface area (Å²) >= 11 is 3.21. The molecule has 0 radical (unpaired) electrons. The number of carbonyl (C=O) groups is 1. The molecule has 110 valence electrons. The predicted molar refractivity (Wildman–Crippen MR) is 79.1 cm³/mol. The summed E-state index contributed by atoms with van der Waals surface area (Å²) < 4.78 is 13.8. The van der Waals surface area contributed by atoms with Gasteiger partial charge in [-0.15, -0.1) is 0 Å². The van der Waals surface area contributed by atoms with Gasteiger partial charge in [-0.25, -0.2) is 4.39 Å². The highest BCUT2D eigenvalue weighted by atomic mass is 79.9. The fourth-order valence-electron chi connectivity index (χ4n) is 2.92. The minimum absolute atomic E-state index is 0.0695. The van der Waals surface area contributed by atoms with E-state index in [2.05, 4.69) is 27.8 Å². The molecule has 0 aromatic heterocycles. The van der Waals surface area contributed by atoms with Gasteiger partial charge in [0.15, 0.2) is 0 Å². The molecule has 0 saturated carbocycles. The van der Waals surface area contributed by atoms with Gasteiger partial charge in [-0.1, -0.05) is 12.5 Å². The van der Waals surface area contributed by atoms with Crippen molar-refractivity contribution in [3.05, 3.63) is 34.1 Å². The molecule has 0 aliphatic carbocycles. The number of likely N-dealkylation sites (tertiary alicyclic amines) is 1. The van der Waals surface area contributed by atoms with Crippen molar-refractivity contribution in [2.45, 2.75) is 44.7 Å². The Morgan fingerprint density at radius 3 is 2.95 bits per heavy atom. The second-order valence-electron chi connectivity index (χ2n) is 5.33. The van der Waals surface area contributed by atoms with E-state index in [1.54, 1.807) is 12.1 Å². The Kier molecular flexibility index (Phi) is 5.16. The number of hydrogen-bond acceptors (Lipinski definition) is 2. The van der Waals surface area contributed by atoms with Crippen LogP contribution in [0.4, 0.5) is 4.39 Å². The summed E-state index contributed by atoms with van der Waals surface area (Å²) in [6.07, 6.45) is 3.25. The van der Waals surface area contributed by atoms with Crippen molar-refractivity contribution in [3.63, 3.8) is 0 Å². The lowest BCUT2D eigenvalue weighted by Crippen LogP contribution is -2.42. The summed E-state index contributed by atoms with van der Waals surface area (Å²) in [5.41, 5.74) is 1.01. The lowest BCUT2D eigenvalue weighted by atomic mass is 9.95. The molecule has 2 unspecified atom stereocenters. The Hall–Kier alpha value is -0.940. The molecule has 0 bridgehead atoms. The Morgan fingerprint density at radius 1 is 1.55 bits per heavy atom. The molecule has 1 aromatic rings. The first-order chi connectivity index (χ1) is 9.49. The molecule has 0 spiro atoms. The van der Waals surface area contributed by atoms with E-state index < -0.39 is 5.97 Å². The van der Waals surface area contributed by atoms with Gasteiger partial charge in [0.25, 0.3) is 0 Å². The van der Waals surface area contributed by atoms with Gasteiger partial charge in [-0.3, -0.25) is 9.69 Å². The smallest absolute Gasteiger partial charge is 0.304 e. The molecule has 1 heterocycles. The van der Waals surface area contributed by atoms with Crippen molar-refractivity contribution in [2.24, 2.45) is 0 Å². The van der Waals surface area contributed by atoms with E-state index in [0.29, 0.717) is 4.47 Å². The molecule has 2 rings (SSSR count). The Labute approximate surface area is 126 Å². The zero-order chi connectivity index (χ0) is 14.7. The Bertz CT molecular complexity index is 495. The highest BCUT2D eigenvalue weighted by Crippen LogP contribution is 2.31. The van der Waals surface area contributed by atoms with E-state index >= 15 is 0 Å². The second kappa shape index (κ2) is 6.68. The third-order valence-electron chi connectivity index (χ3n) is 4.01. The number of benzene rings is 1. The van der Waals surface area contributed by atoms with Crippen LogP contribution in [0.1, 0.15) is 44.2 Å². The van der Waals surface area contributed by atoms with Gasteiger partial charge >= 0.3 is 5.97 Å². The SMILES string of the molecule is CC(c1ccc(F)c(Br)c1)N1CCCCC1CC(=O)O. The summed E-state index contributed by atoms with van der Waals surface area (Å²) in [5.74, 6) is -1.03. The Morgan fingerprint density at radius 2 is 2.30 bits per heavy atom. The van der Waals surface area contributed by atoms with E-state index in [9.17, 15) is 9.18 Å². The van der Waals surface area contributed by atoms with Crippen LogP contribution in [0.5, 0.6) is 0 Å². The average molecular weight is 344 g/mol. The lowest BCUT2D eigenvalue weighted by Gasteiger charge is -2.39. The molecular weight excluding hydrogens is 325 g/mol. The van der Waals surface area contributed by atoms with Crippen LogP contribution in [-0.2, 0) is 4.79 Å². The van der Waals surface area contributed by atoms with Gasteiger partial charge in [0.1, 0.15) is 5.82 Å². The van der Waals surface area contributed by atoms with Crippen molar-refractivity contribution in [2.75, 3.05) is 6.54 Å². The Balaban J connectivity index is 2.17. The minimum atomic E-state index is -0.755. The van der Waals surface area contributed by atoms with Crippen LogP contribution >= 0.6 is 15.9 Å². The van der Waals surface area contributed by atoms with E-state index in [1.807, 2.05) is 0 Å². The van der Waals surface area contributed by atoms with Crippen molar-refractivity contribution < 1.29 is 14.3 Å². The zero-order valence-electron chi connectivity index (χ0n) is 11.5. The number of piperidine rings is 1. The molecule has 5 heteroatoms. The molecule has 1 saturated heterocycles. The molecular formula is C15H19BrFNO2. The topological polar surface area (TPSA) is 40.5 Å². The fraction of sp³-hybridized carbons (Fsp3) is 0.533. The van der Waals surface area contributed by atoms with Gasteiger partial charge in [0.2, 0.25) is 0 Å². The number of carboxylic acids is 1. The number of hydrogen-bond donors (Lipinski definition) is 1. The van der Waals surface area contributed by atoms with Crippen molar-refractivity contribution >= 4 is 21.9 Å². The number of aliphatic carboxylic acids is 1. The van der Waals surface area contributed by atoms with Gasteiger partial charge in [-0.2, -0.15) is 0 Å². The van der Waals surface area contributed by atoms with Crippen LogP contribution in [-0.4, -0.2) is 28.6 Å². The van der Waals surface area contributed by atoms with Crippen molar-refractivity contribution in [1.82, 2.24) is 4.90 Å². The van der Waals surface area contributed by atoms with Crippen molar-refractivity contribution in [3.8, 4) is 0 Å². The maximum absolute atomic E-state index is 13.3. The minimum Gasteiger partial charge on any atom is -0.481 e. The maximum atomic E-state index is 13.3. The highest BCUT2D eigenvalue weighted by Gasteiger charge is 2.29. The highest BCUT2D eigenvalue weighted by molar-refractivity contribution is 9.10. The summed E-state index contributed by atoms with van der Waals surface area (Å²) in [6.45, 7) is 2.95. The number of rotatable bonds is 4. The van der Waals surface area contributed by atoms with Crippen LogP contribution < -0.4 is 0 Å². The molecule has 2 atom stereocenters. The van der Waals surface area contributed by atoms with Crippen LogP contribution in [0.15, 0.2) is 22.7 Å². The van der Waals surface area contributed by atoms with Crippen LogP contribution in [0, 0.1) is 5.82 Å². The van der Waals surface area contributed by atoms with Gasteiger partial charge in [-0.05, 0) is 59.9 Å². The summed E-state index contributed by atoms with van der Waals surface area (Å²) in [4.78, 5) is 13.2. The first kappa shape index (κ1) is 15.4. The predicted octanol–water partition coefficient (Wildman–Crippen LogP) is 3.98. The summed E-state index contributed by atoms with van der Waals surface area (Å²) in [7, 11) is 0. The second-order valence-corrected chi connectivity index (χ2v) is 6.19. The van der Waals surface area contributed by atoms with Gasteiger partial charge in [0.05, 0.1) is 10.9 Å². The molecule has 3 nitrogen and oxygen atoms in total. The monoisotopic (exact) mass is 343 g/mol. The fourth-order valence-corrected chi connectivity index (χ4v) is 3.31. The van der Waals surface area contributed by atoms with E-state index in [4.69, 9.17) is 5.11 Å². The molecule has 1 aromatic carbocycles. The normalized spacial score (nSPS) is 21.6. The zero-order valence-corrected chi connectivity index (χ0v) is 13.1. The molecule has 1 N–H and O–H groups in total. The van der Waals surface area contributed by atoms with E-state index in [0.717, 1.165) is 31.4 Å². The molecule has 0 amide bonds. The molecule has 20 heavy (non-hydrogen) atoms. The van der Waals surface area contributed by atoms with Gasteiger partial charge in [0, 0.05) is 12.1 Å². The van der Waals surface area contributed by atoms with Gasteiger partial charge < -0.3 is 5.11 Å². The largest absolute Gasteiger partial charge is 0.481 e. The maximum Gasteiger partial charge on any atom is 0.304 e. The third kappa shape index (κ3) is 3.58. The lowest BCUT2D eigenvalue weighted by molar-refractivity contribution is -0.139. The van der Waals surface area contributed by atoms with Crippen LogP contribution in [0.3, 0.4) is 0 Å². The molecule has 1 aliphatic heterocycles. The van der Waals surface area contributed by atoms with E-state index in [-0.39, 0.29) is 24.3 Å².